The fourth-order valence-corrected chi connectivity index (χ4v) is 1.31. The molecule has 0 saturated heterocycles. The van der Waals surface area contributed by atoms with E-state index in [1.54, 1.807) is 6.33 Å². The molecule has 2 rings (SSSR count). The number of aromatic nitrogens is 2. The summed E-state index contributed by atoms with van der Waals surface area (Å²) in [6.45, 7) is 1.75. The molecule has 0 radical (unpaired) electrons. The maximum absolute atomic E-state index is 4.15. The van der Waals surface area contributed by atoms with E-state index in [1.165, 1.54) is 5.56 Å². The summed E-state index contributed by atoms with van der Waals surface area (Å²) in [5.74, 6) is 0.944. The molecular formula is C7H10N4. The van der Waals surface area contributed by atoms with Crippen LogP contribution in [0.5, 0.6) is 0 Å². The molecule has 0 atom stereocenters. The summed E-state index contributed by atoms with van der Waals surface area (Å²) in [4.78, 5) is 8.26. The molecule has 1 aliphatic rings. The molecule has 58 valence electrons. The lowest BCUT2D eigenvalue weighted by molar-refractivity contribution is 0.758. The predicted octanol–water partition coefficient (Wildman–Crippen LogP) is 0.121. The van der Waals surface area contributed by atoms with E-state index in [9.17, 15) is 0 Å². The van der Waals surface area contributed by atoms with E-state index >= 15 is 0 Å². The zero-order chi connectivity index (χ0) is 7.68. The molecule has 1 aromatic rings. The quantitative estimate of drug-likeness (QED) is 0.597. The molecule has 2 heterocycles. The summed E-state index contributed by atoms with van der Waals surface area (Å²) in [5.41, 5.74) is 2.32. The summed E-state index contributed by atoms with van der Waals surface area (Å²) in [6.07, 6.45) is 1.59. The highest BCUT2D eigenvalue weighted by atomic mass is 15.0. The van der Waals surface area contributed by atoms with Crippen LogP contribution < -0.4 is 10.6 Å². The van der Waals surface area contributed by atoms with E-state index in [0.717, 1.165) is 24.6 Å². The molecule has 4 heteroatoms. The molecule has 0 spiro atoms. The average Bonchev–Trinajstić information content (AvgIpc) is 2.50. The highest BCUT2D eigenvalue weighted by molar-refractivity contribution is 5.46. The molecule has 0 amide bonds. The van der Waals surface area contributed by atoms with Gasteiger partial charge in [-0.25, -0.2) is 9.97 Å². The molecule has 1 aromatic heterocycles. The second-order valence-corrected chi connectivity index (χ2v) is 2.50. The third-order valence-corrected chi connectivity index (χ3v) is 1.87. The first-order chi connectivity index (χ1) is 5.42. The van der Waals surface area contributed by atoms with Crippen molar-refractivity contribution in [3.05, 3.63) is 17.6 Å². The van der Waals surface area contributed by atoms with E-state index in [-0.39, 0.29) is 0 Å². The minimum absolute atomic E-state index is 0.868. The number of nitrogens with one attached hydrogen (secondary N) is 2. The van der Waals surface area contributed by atoms with Gasteiger partial charge in [0.1, 0.15) is 12.1 Å². The second kappa shape index (κ2) is 2.47. The minimum Gasteiger partial charge on any atom is -0.373 e. The predicted molar refractivity (Wildman–Crippen MR) is 42.1 cm³/mol. The van der Waals surface area contributed by atoms with Gasteiger partial charge in [0, 0.05) is 25.7 Å². The molecule has 0 fully saturated rings. The normalized spacial score (nSPS) is 14.6. The van der Waals surface area contributed by atoms with Gasteiger partial charge in [-0.05, 0) is 0 Å². The van der Waals surface area contributed by atoms with Crippen molar-refractivity contribution in [3.63, 3.8) is 0 Å². The van der Waals surface area contributed by atoms with Gasteiger partial charge < -0.3 is 10.6 Å². The minimum atomic E-state index is 0.868. The van der Waals surface area contributed by atoms with Crippen molar-refractivity contribution in [1.82, 2.24) is 15.3 Å². The van der Waals surface area contributed by atoms with Gasteiger partial charge in [0.25, 0.3) is 0 Å². The van der Waals surface area contributed by atoms with Crippen LogP contribution in [0.15, 0.2) is 6.33 Å². The maximum Gasteiger partial charge on any atom is 0.133 e. The molecule has 4 nitrogen and oxygen atoms in total. The summed E-state index contributed by atoms with van der Waals surface area (Å²) >= 11 is 0. The molecule has 0 unspecified atom stereocenters. The lowest BCUT2D eigenvalue weighted by atomic mass is 10.2. The molecule has 0 aromatic carbocycles. The fraction of sp³-hybridized carbons (Fsp3) is 0.429. The van der Waals surface area contributed by atoms with Gasteiger partial charge in [-0.15, -0.1) is 0 Å². The van der Waals surface area contributed by atoms with Crippen molar-refractivity contribution < 1.29 is 0 Å². The molecule has 11 heavy (non-hydrogen) atoms. The van der Waals surface area contributed by atoms with Crippen molar-refractivity contribution in [2.45, 2.75) is 13.1 Å². The van der Waals surface area contributed by atoms with Gasteiger partial charge in [-0.2, -0.15) is 0 Å². The molecule has 0 saturated carbocycles. The SMILES string of the molecule is CNc1ncnc2c1CNC2. The lowest BCUT2D eigenvalue weighted by Crippen LogP contribution is -2.01. The Morgan fingerprint density at radius 2 is 2.36 bits per heavy atom. The van der Waals surface area contributed by atoms with Crippen LogP contribution >= 0.6 is 0 Å². The Morgan fingerprint density at radius 3 is 3.18 bits per heavy atom. The number of fused-ring (bicyclic) bond motifs is 1. The molecule has 2 N–H and O–H groups in total. The van der Waals surface area contributed by atoms with Crippen molar-refractivity contribution in [1.29, 1.82) is 0 Å². The molecule has 0 aliphatic carbocycles. The maximum atomic E-state index is 4.15. The average molecular weight is 150 g/mol. The van der Waals surface area contributed by atoms with Crippen LogP contribution in [0.2, 0.25) is 0 Å². The van der Waals surface area contributed by atoms with Crippen molar-refractivity contribution in [2.24, 2.45) is 0 Å². The third-order valence-electron chi connectivity index (χ3n) is 1.87. The van der Waals surface area contributed by atoms with Gasteiger partial charge in [0.05, 0.1) is 5.69 Å². The summed E-state index contributed by atoms with van der Waals surface area (Å²) < 4.78 is 0. The standard InChI is InChI=1S/C7H10N4/c1-8-7-5-2-9-3-6(5)10-4-11-7/h4,9H,2-3H2,1H3,(H,8,10,11). The Balaban J connectivity index is 2.50. The van der Waals surface area contributed by atoms with E-state index in [2.05, 4.69) is 20.6 Å². The molecule has 0 bridgehead atoms. The smallest absolute Gasteiger partial charge is 0.133 e. The van der Waals surface area contributed by atoms with E-state index in [4.69, 9.17) is 0 Å². The first-order valence-corrected chi connectivity index (χ1v) is 3.63. The largest absolute Gasteiger partial charge is 0.373 e. The Morgan fingerprint density at radius 1 is 1.45 bits per heavy atom. The van der Waals surface area contributed by atoms with Crippen LogP contribution in [0.1, 0.15) is 11.3 Å². The van der Waals surface area contributed by atoms with Crippen molar-refractivity contribution in [3.8, 4) is 0 Å². The Kier molecular flexibility index (Phi) is 1.47. The van der Waals surface area contributed by atoms with Crippen LogP contribution in [0.3, 0.4) is 0 Å². The van der Waals surface area contributed by atoms with Crippen LogP contribution in [-0.2, 0) is 13.1 Å². The van der Waals surface area contributed by atoms with E-state index < -0.39 is 0 Å². The fourth-order valence-electron chi connectivity index (χ4n) is 1.31. The Bertz CT molecular complexity index is 271. The monoisotopic (exact) mass is 150 g/mol. The number of rotatable bonds is 1. The topological polar surface area (TPSA) is 49.8 Å². The van der Waals surface area contributed by atoms with Crippen molar-refractivity contribution >= 4 is 5.82 Å². The number of nitrogens with zero attached hydrogens (tertiary/aromatic N) is 2. The Hall–Kier alpha value is -1.16. The number of hydrogen-bond acceptors (Lipinski definition) is 4. The highest BCUT2D eigenvalue weighted by Crippen LogP contribution is 2.18. The number of hydrogen-bond donors (Lipinski definition) is 2. The zero-order valence-corrected chi connectivity index (χ0v) is 6.39. The number of anilines is 1. The van der Waals surface area contributed by atoms with Gasteiger partial charge in [0.15, 0.2) is 0 Å². The lowest BCUT2D eigenvalue weighted by Gasteiger charge is -2.02. The van der Waals surface area contributed by atoms with Gasteiger partial charge in [0.2, 0.25) is 0 Å². The Labute approximate surface area is 65.1 Å². The summed E-state index contributed by atoms with van der Waals surface area (Å²) in [7, 11) is 1.88. The van der Waals surface area contributed by atoms with Crippen LogP contribution in [0.25, 0.3) is 0 Å². The van der Waals surface area contributed by atoms with E-state index in [1.807, 2.05) is 7.05 Å². The van der Waals surface area contributed by atoms with Crippen LogP contribution in [0, 0.1) is 0 Å². The van der Waals surface area contributed by atoms with Crippen LogP contribution in [0.4, 0.5) is 5.82 Å². The third kappa shape index (κ3) is 0.952. The van der Waals surface area contributed by atoms with E-state index in [0.29, 0.717) is 0 Å². The van der Waals surface area contributed by atoms with Crippen LogP contribution in [-0.4, -0.2) is 17.0 Å². The first-order valence-electron chi connectivity index (χ1n) is 3.63. The summed E-state index contributed by atoms with van der Waals surface area (Å²) in [6, 6.07) is 0. The second-order valence-electron chi connectivity index (χ2n) is 2.50. The van der Waals surface area contributed by atoms with Gasteiger partial charge in [-0.3, -0.25) is 0 Å². The van der Waals surface area contributed by atoms with Crippen molar-refractivity contribution in [2.75, 3.05) is 12.4 Å². The summed E-state index contributed by atoms with van der Waals surface area (Å²) in [5, 5.41) is 6.26. The highest BCUT2D eigenvalue weighted by Gasteiger charge is 2.14. The zero-order valence-electron chi connectivity index (χ0n) is 6.39. The van der Waals surface area contributed by atoms with Gasteiger partial charge >= 0.3 is 0 Å². The molecular weight excluding hydrogens is 140 g/mol. The van der Waals surface area contributed by atoms with Gasteiger partial charge in [-0.1, -0.05) is 0 Å². The first kappa shape index (κ1) is 6.54. The molecule has 1 aliphatic heterocycles.